The molecule has 0 radical (unpaired) electrons. The smallest absolute Gasteiger partial charge is 0.0125 e. The van der Waals surface area contributed by atoms with E-state index in [2.05, 4.69) is 80.3 Å². The summed E-state index contributed by atoms with van der Waals surface area (Å²) < 4.78 is 0. The molecule has 0 bridgehead atoms. The molecule has 0 saturated carbocycles. The second-order valence-electron chi connectivity index (χ2n) is 5.75. The summed E-state index contributed by atoms with van der Waals surface area (Å²) in [5.41, 5.74) is 7.18. The molecule has 0 atom stereocenters. The minimum atomic E-state index is 0.522. The van der Waals surface area contributed by atoms with Crippen LogP contribution in [0.25, 0.3) is 11.1 Å². The van der Waals surface area contributed by atoms with Crippen LogP contribution < -0.4 is 0 Å². The molecule has 0 saturated heterocycles. The summed E-state index contributed by atoms with van der Waals surface area (Å²) in [6, 6.07) is 17.5. The zero-order valence-corrected chi connectivity index (χ0v) is 13.9. The maximum absolute atomic E-state index is 3.12. The number of thioether (sulfide) groups is 1. The maximum Gasteiger partial charge on any atom is 0.0125 e. The van der Waals surface area contributed by atoms with E-state index in [1.54, 1.807) is 0 Å². The molecule has 0 amide bonds. The molecule has 0 spiro atoms. The molecule has 0 aliphatic heterocycles. The van der Waals surface area contributed by atoms with Crippen LogP contribution in [0.5, 0.6) is 0 Å². The minimum absolute atomic E-state index is 0.522. The van der Waals surface area contributed by atoms with Crippen LogP contribution in [0.4, 0.5) is 0 Å². The van der Waals surface area contributed by atoms with E-state index in [4.69, 9.17) is 0 Å². The van der Waals surface area contributed by atoms with Gasteiger partial charge in [-0.2, -0.15) is 0 Å². The molecule has 1 heteroatoms. The highest BCUT2D eigenvalue weighted by atomic mass is 32.2. The molecule has 1 aliphatic rings. The zero-order chi connectivity index (χ0) is 15.4. The normalized spacial score (nSPS) is 13.5. The lowest BCUT2D eigenvalue weighted by atomic mass is 9.93. The summed E-state index contributed by atoms with van der Waals surface area (Å²) in [7, 11) is 0. The van der Waals surface area contributed by atoms with Crippen LogP contribution in [0.2, 0.25) is 0 Å². The quantitative estimate of drug-likeness (QED) is 0.576. The van der Waals surface area contributed by atoms with Gasteiger partial charge in [0.15, 0.2) is 0 Å². The molecule has 0 fully saturated rings. The third-order valence-electron chi connectivity index (χ3n) is 3.77. The van der Waals surface area contributed by atoms with Crippen molar-refractivity contribution >= 4 is 11.8 Å². The molecule has 0 heterocycles. The monoisotopic (exact) mass is 304 g/mol. The van der Waals surface area contributed by atoms with Gasteiger partial charge in [-0.05, 0) is 57.9 Å². The van der Waals surface area contributed by atoms with Crippen molar-refractivity contribution in [3.63, 3.8) is 0 Å². The van der Waals surface area contributed by atoms with Gasteiger partial charge in [-0.1, -0.05) is 62.0 Å². The summed E-state index contributed by atoms with van der Waals surface area (Å²) in [5, 5.41) is 0. The molecule has 0 unspecified atom stereocenters. The summed E-state index contributed by atoms with van der Waals surface area (Å²) in [4.78, 5) is 2.67. The van der Waals surface area contributed by atoms with Gasteiger partial charge in [0.2, 0.25) is 0 Å². The molecular weight excluding hydrogens is 284 g/mol. The lowest BCUT2D eigenvalue weighted by Crippen LogP contribution is -1.93. The number of benzene rings is 2. The summed E-state index contributed by atoms with van der Waals surface area (Å²) in [6.07, 6.45) is 7.21. The number of hydrogen-bond acceptors (Lipinski definition) is 1. The van der Waals surface area contributed by atoms with Gasteiger partial charge in [-0.15, -0.1) is 5.73 Å². The predicted molar refractivity (Wildman–Crippen MR) is 97.2 cm³/mol. The Kier molecular flexibility index (Phi) is 4.68. The third kappa shape index (κ3) is 3.44. The average molecular weight is 304 g/mol. The molecular formula is C21H20S. The number of hydrogen-bond donors (Lipinski definition) is 0. The summed E-state index contributed by atoms with van der Waals surface area (Å²) >= 11 is 1.85. The van der Waals surface area contributed by atoms with Crippen LogP contribution in [0.3, 0.4) is 0 Å². The first-order valence-electron chi connectivity index (χ1n) is 7.71. The van der Waals surface area contributed by atoms with Gasteiger partial charge in [0.05, 0.1) is 0 Å². The SMILES string of the molecule is CC(C)c1ccc(SC2=CC=C=CC2)cc1-c1ccccc1. The highest BCUT2D eigenvalue weighted by Crippen LogP contribution is 2.36. The van der Waals surface area contributed by atoms with Gasteiger partial charge >= 0.3 is 0 Å². The van der Waals surface area contributed by atoms with E-state index < -0.39 is 0 Å². The average Bonchev–Trinajstić information content (AvgIpc) is 2.56. The van der Waals surface area contributed by atoms with Crippen molar-refractivity contribution in [3.05, 3.63) is 83.0 Å². The van der Waals surface area contributed by atoms with E-state index in [-0.39, 0.29) is 0 Å². The Morgan fingerprint density at radius 1 is 1.05 bits per heavy atom. The van der Waals surface area contributed by atoms with Crippen molar-refractivity contribution in [1.29, 1.82) is 0 Å². The van der Waals surface area contributed by atoms with E-state index in [0.29, 0.717) is 5.92 Å². The van der Waals surface area contributed by atoms with Gasteiger partial charge in [0.1, 0.15) is 0 Å². The van der Waals surface area contributed by atoms with Crippen molar-refractivity contribution in [1.82, 2.24) is 0 Å². The molecule has 2 aromatic rings. The maximum atomic E-state index is 3.12. The van der Waals surface area contributed by atoms with E-state index in [1.165, 1.54) is 26.5 Å². The fourth-order valence-corrected chi connectivity index (χ4v) is 3.55. The molecule has 3 rings (SSSR count). The molecule has 0 aromatic heterocycles. The van der Waals surface area contributed by atoms with Crippen molar-refractivity contribution in [2.45, 2.75) is 31.1 Å². The van der Waals surface area contributed by atoms with Crippen LogP contribution in [-0.2, 0) is 0 Å². The Morgan fingerprint density at radius 2 is 1.86 bits per heavy atom. The second-order valence-corrected chi connectivity index (χ2v) is 6.95. The van der Waals surface area contributed by atoms with Crippen molar-refractivity contribution in [3.8, 4) is 11.1 Å². The van der Waals surface area contributed by atoms with Gasteiger partial charge in [0.25, 0.3) is 0 Å². The topological polar surface area (TPSA) is 0 Å². The fraction of sp³-hybridized carbons (Fsp3) is 0.190. The van der Waals surface area contributed by atoms with Crippen molar-refractivity contribution in [2.75, 3.05) is 0 Å². The Bertz CT molecular complexity index is 745. The van der Waals surface area contributed by atoms with E-state index in [0.717, 1.165) is 6.42 Å². The van der Waals surface area contributed by atoms with E-state index >= 15 is 0 Å². The van der Waals surface area contributed by atoms with Crippen molar-refractivity contribution < 1.29 is 0 Å². The van der Waals surface area contributed by atoms with Crippen LogP contribution >= 0.6 is 11.8 Å². The van der Waals surface area contributed by atoms with Crippen molar-refractivity contribution in [2.24, 2.45) is 0 Å². The molecule has 2 aromatic carbocycles. The molecule has 0 nitrogen and oxygen atoms in total. The first kappa shape index (κ1) is 15.0. The van der Waals surface area contributed by atoms with E-state index in [1.807, 2.05) is 17.8 Å². The van der Waals surface area contributed by atoms with Crippen LogP contribution in [0, 0.1) is 0 Å². The fourth-order valence-electron chi connectivity index (χ4n) is 2.63. The van der Waals surface area contributed by atoms with Gasteiger partial charge in [-0.25, -0.2) is 0 Å². The Hall–Kier alpha value is -1.95. The molecule has 0 N–H and O–H groups in total. The Balaban J connectivity index is 1.97. The highest BCUT2D eigenvalue weighted by Gasteiger charge is 2.10. The molecule has 1 aliphatic carbocycles. The van der Waals surface area contributed by atoms with Gasteiger partial charge in [-0.3, -0.25) is 0 Å². The summed E-state index contributed by atoms with van der Waals surface area (Å²) in [5.74, 6) is 0.522. The lowest BCUT2D eigenvalue weighted by molar-refractivity contribution is 0.867. The first-order chi connectivity index (χ1) is 10.7. The largest absolute Gasteiger partial charge is 0.125 e. The molecule has 110 valence electrons. The number of allylic oxidation sites excluding steroid dienone is 3. The van der Waals surface area contributed by atoms with Crippen LogP contribution in [-0.4, -0.2) is 0 Å². The predicted octanol–water partition coefficient (Wildman–Crippen LogP) is 6.57. The lowest BCUT2D eigenvalue weighted by Gasteiger charge is -2.15. The minimum Gasteiger partial charge on any atom is -0.125 e. The van der Waals surface area contributed by atoms with Crippen LogP contribution in [0.15, 0.2) is 82.3 Å². The molecule has 22 heavy (non-hydrogen) atoms. The standard InChI is InChI=1S/C21H20S/c1-16(2)20-14-13-19(22-18-11-7-4-8-12-18)15-21(20)17-9-5-3-6-10-17/h3,5-11,13-16H,12H2,1-2H3. The summed E-state index contributed by atoms with van der Waals surface area (Å²) in [6.45, 7) is 4.52. The Labute approximate surface area is 137 Å². The third-order valence-corrected chi connectivity index (χ3v) is 4.82. The first-order valence-corrected chi connectivity index (χ1v) is 8.53. The van der Waals surface area contributed by atoms with E-state index in [9.17, 15) is 0 Å². The number of rotatable bonds is 4. The highest BCUT2D eigenvalue weighted by molar-refractivity contribution is 8.03. The van der Waals surface area contributed by atoms with Gasteiger partial charge < -0.3 is 0 Å². The van der Waals surface area contributed by atoms with Gasteiger partial charge in [0, 0.05) is 11.3 Å². The Morgan fingerprint density at radius 3 is 2.55 bits per heavy atom. The van der Waals surface area contributed by atoms with Crippen LogP contribution in [0.1, 0.15) is 31.7 Å². The second kappa shape index (κ2) is 6.87. The zero-order valence-electron chi connectivity index (χ0n) is 13.0.